The molecule has 0 atom stereocenters. The standard InChI is InChI=1S/C20H15ClN2O3/c21-17-6-8-18(9-7-17)25-14-19(24)26-23-20(15-4-2-1-3-5-15)16-10-12-22-13-11-16/h1-13H,14H2/b23-20+. The molecular weight excluding hydrogens is 352 g/mol. The van der Waals surface area contributed by atoms with Crippen LogP contribution in [0.5, 0.6) is 5.75 Å². The van der Waals surface area contributed by atoms with Crippen LogP contribution in [0.25, 0.3) is 0 Å². The Labute approximate surface area is 155 Å². The predicted molar refractivity (Wildman–Crippen MR) is 99.4 cm³/mol. The number of rotatable bonds is 6. The zero-order chi connectivity index (χ0) is 18.2. The normalized spacial score (nSPS) is 11.0. The Morgan fingerprint density at radius 2 is 1.58 bits per heavy atom. The average Bonchev–Trinajstić information content (AvgIpc) is 2.69. The summed E-state index contributed by atoms with van der Waals surface area (Å²) in [4.78, 5) is 21.0. The summed E-state index contributed by atoms with van der Waals surface area (Å²) in [5.41, 5.74) is 2.15. The first-order chi connectivity index (χ1) is 12.7. The van der Waals surface area contributed by atoms with Crippen molar-refractivity contribution in [3.8, 4) is 5.75 Å². The summed E-state index contributed by atoms with van der Waals surface area (Å²) < 4.78 is 5.35. The molecule has 130 valence electrons. The van der Waals surface area contributed by atoms with Crippen molar-refractivity contribution in [3.05, 3.63) is 95.3 Å². The van der Waals surface area contributed by atoms with Gasteiger partial charge in [0.15, 0.2) is 6.61 Å². The van der Waals surface area contributed by atoms with Crippen LogP contribution in [0.1, 0.15) is 11.1 Å². The third kappa shape index (κ3) is 4.91. The van der Waals surface area contributed by atoms with Gasteiger partial charge in [0.05, 0.1) is 0 Å². The van der Waals surface area contributed by atoms with Crippen LogP contribution >= 0.6 is 11.6 Å². The summed E-state index contributed by atoms with van der Waals surface area (Å²) in [6.45, 7) is -0.260. The van der Waals surface area contributed by atoms with E-state index in [9.17, 15) is 4.79 Å². The van der Waals surface area contributed by atoms with Crippen LogP contribution in [0.2, 0.25) is 5.02 Å². The van der Waals surface area contributed by atoms with Gasteiger partial charge < -0.3 is 9.57 Å². The lowest BCUT2D eigenvalue weighted by Crippen LogP contribution is -2.14. The van der Waals surface area contributed by atoms with Crippen LogP contribution in [0, 0.1) is 0 Å². The minimum atomic E-state index is -0.609. The Hall–Kier alpha value is -3.18. The van der Waals surface area contributed by atoms with Gasteiger partial charge in [0.2, 0.25) is 0 Å². The second-order valence-electron chi connectivity index (χ2n) is 5.25. The number of carbonyl (C=O) groups excluding carboxylic acids is 1. The van der Waals surface area contributed by atoms with E-state index in [0.29, 0.717) is 16.5 Å². The van der Waals surface area contributed by atoms with Crippen molar-refractivity contribution in [2.75, 3.05) is 6.61 Å². The molecule has 0 aliphatic heterocycles. The van der Waals surface area contributed by atoms with Gasteiger partial charge in [-0.05, 0) is 36.4 Å². The molecule has 0 amide bonds. The van der Waals surface area contributed by atoms with E-state index in [0.717, 1.165) is 11.1 Å². The first-order valence-corrected chi connectivity index (χ1v) is 8.22. The summed E-state index contributed by atoms with van der Waals surface area (Å²) in [5.74, 6) is -0.0878. The molecule has 3 aromatic rings. The van der Waals surface area contributed by atoms with E-state index in [1.807, 2.05) is 30.3 Å². The molecule has 5 nitrogen and oxygen atoms in total. The van der Waals surface area contributed by atoms with E-state index >= 15 is 0 Å². The van der Waals surface area contributed by atoms with Gasteiger partial charge in [0.25, 0.3) is 0 Å². The molecule has 2 aromatic carbocycles. The second kappa shape index (κ2) is 8.78. The maximum atomic E-state index is 12.0. The van der Waals surface area contributed by atoms with Crippen molar-refractivity contribution >= 4 is 23.3 Å². The number of halogens is 1. The fourth-order valence-corrected chi connectivity index (χ4v) is 2.30. The van der Waals surface area contributed by atoms with E-state index in [-0.39, 0.29) is 6.61 Å². The summed E-state index contributed by atoms with van der Waals surface area (Å²) >= 11 is 5.81. The predicted octanol–water partition coefficient (Wildman–Crippen LogP) is 4.11. The Morgan fingerprint density at radius 1 is 0.923 bits per heavy atom. The summed E-state index contributed by atoms with van der Waals surface area (Å²) in [6, 6.07) is 19.7. The molecule has 1 heterocycles. The van der Waals surface area contributed by atoms with Gasteiger partial charge in [-0.2, -0.15) is 0 Å². The van der Waals surface area contributed by atoms with Crippen LogP contribution in [0.4, 0.5) is 0 Å². The van der Waals surface area contributed by atoms with Gasteiger partial charge in [0, 0.05) is 28.5 Å². The van der Waals surface area contributed by atoms with Crippen LogP contribution < -0.4 is 4.74 Å². The number of carbonyl (C=O) groups is 1. The van der Waals surface area contributed by atoms with Gasteiger partial charge in [-0.1, -0.05) is 47.1 Å². The lowest BCUT2D eigenvalue weighted by atomic mass is 10.0. The minimum absolute atomic E-state index is 0.260. The largest absolute Gasteiger partial charge is 0.482 e. The van der Waals surface area contributed by atoms with Gasteiger partial charge in [-0.15, -0.1) is 0 Å². The first-order valence-electron chi connectivity index (χ1n) is 7.84. The number of ether oxygens (including phenoxy) is 1. The Kier molecular flexibility index (Phi) is 5.96. The fraction of sp³-hybridized carbons (Fsp3) is 0.0500. The lowest BCUT2D eigenvalue weighted by Gasteiger charge is -2.07. The van der Waals surface area contributed by atoms with E-state index < -0.39 is 5.97 Å². The lowest BCUT2D eigenvalue weighted by molar-refractivity contribution is -0.146. The molecule has 0 saturated carbocycles. The zero-order valence-corrected chi connectivity index (χ0v) is 14.5. The quantitative estimate of drug-likeness (QED) is 0.374. The minimum Gasteiger partial charge on any atom is -0.482 e. The Morgan fingerprint density at radius 3 is 2.27 bits per heavy atom. The molecule has 6 heteroatoms. The zero-order valence-electron chi connectivity index (χ0n) is 13.7. The van der Waals surface area contributed by atoms with Crippen LogP contribution in [-0.2, 0) is 9.63 Å². The van der Waals surface area contributed by atoms with E-state index in [1.165, 1.54) is 0 Å². The molecule has 0 N–H and O–H groups in total. The van der Waals surface area contributed by atoms with E-state index in [2.05, 4.69) is 10.1 Å². The molecule has 1 aromatic heterocycles. The smallest absolute Gasteiger partial charge is 0.372 e. The van der Waals surface area contributed by atoms with Crippen molar-refractivity contribution in [2.24, 2.45) is 5.16 Å². The monoisotopic (exact) mass is 366 g/mol. The average molecular weight is 367 g/mol. The van der Waals surface area contributed by atoms with Crippen molar-refractivity contribution in [2.45, 2.75) is 0 Å². The summed E-state index contributed by atoms with van der Waals surface area (Å²) in [7, 11) is 0. The van der Waals surface area contributed by atoms with Crippen LogP contribution in [0.3, 0.4) is 0 Å². The Bertz CT molecular complexity index is 840. The van der Waals surface area contributed by atoms with Crippen molar-refractivity contribution in [3.63, 3.8) is 0 Å². The molecule has 0 unspecified atom stereocenters. The number of aromatic nitrogens is 1. The maximum absolute atomic E-state index is 12.0. The first kappa shape index (κ1) is 17.6. The van der Waals surface area contributed by atoms with Crippen molar-refractivity contribution in [1.82, 2.24) is 4.98 Å². The maximum Gasteiger partial charge on any atom is 0.372 e. The SMILES string of the molecule is O=C(COc1ccc(Cl)cc1)O/N=C(\c1ccccc1)c1ccncc1. The van der Waals surface area contributed by atoms with Crippen LogP contribution in [0.15, 0.2) is 84.3 Å². The van der Waals surface area contributed by atoms with Crippen molar-refractivity contribution < 1.29 is 14.4 Å². The third-order valence-corrected chi connectivity index (χ3v) is 3.66. The highest BCUT2D eigenvalue weighted by molar-refractivity contribution is 6.30. The molecule has 0 spiro atoms. The van der Waals surface area contributed by atoms with Gasteiger partial charge in [-0.3, -0.25) is 4.98 Å². The number of oxime groups is 1. The highest BCUT2D eigenvalue weighted by Crippen LogP contribution is 2.15. The second-order valence-corrected chi connectivity index (χ2v) is 5.68. The van der Waals surface area contributed by atoms with E-state index in [4.69, 9.17) is 21.2 Å². The summed E-state index contributed by atoms with van der Waals surface area (Å²) in [5, 5.41) is 4.62. The number of nitrogens with zero attached hydrogens (tertiary/aromatic N) is 2. The topological polar surface area (TPSA) is 60.8 Å². The number of hydrogen-bond donors (Lipinski definition) is 0. The van der Waals surface area contributed by atoms with Gasteiger partial charge in [0.1, 0.15) is 11.5 Å². The molecule has 26 heavy (non-hydrogen) atoms. The molecule has 3 rings (SSSR count). The third-order valence-electron chi connectivity index (χ3n) is 3.41. The molecule has 0 radical (unpaired) electrons. The van der Waals surface area contributed by atoms with E-state index in [1.54, 1.807) is 48.8 Å². The van der Waals surface area contributed by atoms with Gasteiger partial charge in [-0.25, -0.2) is 4.79 Å². The number of benzene rings is 2. The fourth-order valence-electron chi connectivity index (χ4n) is 2.17. The van der Waals surface area contributed by atoms with Crippen LogP contribution in [-0.4, -0.2) is 23.3 Å². The molecule has 0 aliphatic rings. The number of pyridine rings is 1. The summed E-state index contributed by atoms with van der Waals surface area (Å²) in [6.07, 6.45) is 3.30. The molecule has 0 aliphatic carbocycles. The Balaban J connectivity index is 1.70. The highest BCUT2D eigenvalue weighted by atomic mass is 35.5. The van der Waals surface area contributed by atoms with Crippen molar-refractivity contribution in [1.29, 1.82) is 0 Å². The molecule has 0 bridgehead atoms. The highest BCUT2D eigenvalue weighted by Gasteiger charge is 2.10. The molecule has 0 fully saturated rings. The molecular formula is C20H15ClN2O3. The molecule has 0 saturated heterocycles. The number of hydrogen-bond acceptors (Lipinski definition) is 5. The van der Waals surface area contributed by atoms with Gasteiger partial charge >= 0.3 is 5.97 Å².